The number of hydrogen-bond donors (Lipinski definition) is 0. The first-order valence-electron chi connectivity index (χ1n) is 6.44. The molecule has 0 aliphatic heterocycles. The first kappa shape index (κ1) is 18.7. The van der Waals surface area contributed by atoms with Crippen LogP contribution in [0.15, 0.2) is 0 Å². The molecule has 0 heterocycles. The molecule has 21 heavy (non-hydrogen) atoms. The average Bonchev–Trinajstić information content (AvgIpc) is 2.38. The van der Waals surface area contributed by atoms with Crippen LogP contribution in [0, 0.1) is 0 Å². The minimum absolute atomic E-state index is 0.0663. The van der Waals surface area contributed by atoms with Gasteiger partial charge in [0, 0.05) is 0 Å². The smallest absolute Gasteiger partial charge is 0.434 e. The average molecular weight is 306 g/mol. The van der Waals surface area contributed by atoms with Gasteiger partial charge in [0.25, 0.3) is 0 Å². The van der Waals surface area contributed by atoms with Crippen molar-refractivity contribution in [3.8, 4) is 0 Å². The summed E-state index contributed by atoms with van der Waals surface area (Å²) < 4.78 is 20.8. The van der Waals surface area contributed by atoms with Gasteiger partial charge in [0.1, 0.15) is 0 Å². The molecule has 0 saturated heterocycles. The summed E-state index contributed by atoms with van der Waals surface area (Å²) in [7, 11) is 0. The maximum absolute atomic E-state index is 10.9. The molecule has 0 aromatic carbocycles. The molecular weight excluding hydrogens is 288 g/mol. The number of carbonyl (C=O) groups is 4. The van der Waals surface area contributed by atoms with E-state index in [1.54, 1.807) is 0 Å². The van der Waals surface area contributed by atoms with Crippen LogP contribution < -0.4 is 0 Å². The van der Waals surface area contributed by atoms with E-state index >= 15 is 0 Å². The van der Waals surface area contributed by atoms with Crippen LogP contribution in [0.4, 0.5) is 19.2 Å². The Hall–Kier alpha value is -2.32. The normalized spacial score (nSPS) is 9.43. The van der Waals surface area contributed by atoms with Gasteiger partial charge in [0.2, 0.25) is 0 Å². The van der Waals surface area contributed by atoms with Crippen LogP contribution in [0.1, 0.15) is 39.5 Å². The summed E-state index contributed by atoms with van der Waals surface area (Å²) >= 11 is 0. The topological polar surface area (TPSA) is 114 Å². The molecule has 120 valence electrons. The molecule has 0 spiro atoms. The standard InChI is InChI=1S/C12H18O9/c1-3-5-7-17-9(13)19-11(15)21-12(16)20-10(14)18-8-6-4-2/h3-8H2,1-2H3. The molecule has 0 unspecified atom stereocenters. The molecular formula is C12H18O9. The van der Waals surface area contributed by atoms with E-state index in [2.05, 4.69) is 23.7 Å². The quantitative estimate of drug-likeness (QED) is 0.316. The third kappa shape index (κ3) is 11.2. The van der Waals surface area contributed by atoms with Gasteiger partial charge in [-0.1, -0.05) is 26.7 Å². The minimum Gasteiger partial charge on any atom is -0.434 e. The Morgan fingerprint density at radius 3 is 1.29 bits per heavy atom. The lowest BCUT2D eigenvalue weighted by atomic mass is 10.4. The highest BCUT2D eigenvalue weighted by Gasteiger charge is 2.21. The molecule has 0 N–H and O–H groups in total. The molecule has 9 heteroatoms. The number of unbranched alkanes of at least 4 members (excludes halogenated alkanes) is 2. The van der Waals surface area contributed by atoms with Crippen LogP contribution in [0.25, 0.3) is 0 Å². The van der Waals surface area contributed by atoms with Crippen LogP contribution in [-0.2, 0) is 23.7 Å². The number of carbonyl (C=O) groups excluding carboxylic acids is 4. The summed E-state index contributed by atoms with van der Waals surface area (Å²) in [5.74, 6) is 0. The summed E-state index contributed by atoms with van der Waals surface area (Å²) in [6.07, 6.45) is -3.20. The van der Waals surface area contributed by atoms with Crippen molar-refractivity contribution < 1.29 is 42.9 Å². The van der Waals surface area contributed by atoms with E-state index < -0.39 is 24.6 Å². The van der Waals surface area contributed by atoms with Crippen molar-refractivity contribution in [2.45, 2.75) is 39.5 Å². The predicted octanol–water partition coefficient (Wildman–Crippen LogP) is 3.15. The first-order valence-corrected chi connectivity index (χ1v) is 6.44. The van der Waals surface area contributed by atoms with E-state index in [9.17, 15) is 19.2 Å². The Morgan fingerprint density at radius 1 is 0.619 bits per heavy atom. The zero-order chi connectivity index (χ0) is 16.1. The lowest BCUT2D eigenvalue weighted by Crippen LogP contribution is -2.22. The first-order chi connectivity index (χ1) is 9.99. The maximum Gasteiger partial charge on any atom is 0.528 e. The van der Waals surface area contributed by atoms with Crippen LogP contribution >= 0.6 is 0 Å². The van der Waals surface area contributed by atoms with Crippen molar-refractivity contribution in [1.29, 1.82) is 0 Å². The summed E-state index contributed by atoms with van der Waals surface area (Å²) in [5.41, 5.74) is 0. The van der Waals surface area contributed by atoms with Gasteiger partial charge in [-0.05, 0) is 12.8 Å². The third-order valence-electron chi connectivity index (χ3n) is 1.94. The molecule has 0 radical (unpaired) electrons. The molecule has 0 amide bonds. The van der Waals surface area contributed by atoms with Crippen LogP contribution in [0.2, 0.25) is 0 Å². The van der Waals surface area contributed by atoms with Gasteiger partial charge in [0.15, 0.2) is 0 Å². The Morgan fingerprint density at radius 2 is 0.952 bits per heavy atom. The third-order valence-corrected chi connectivity index (χ3v) is 1.94. The van der Waals surface area contributed by atoms with Gasteiger partial charge in [-0.25, -0.2) is 19.2 Å². The number of hydrogen-bond acceptors (Lipinski definition) is 9. The molecule has 0 atom stereocenters. The molecule has 9 nitrogen and oxygen atoms in total. The highest BCUT2D eigenvalue weighted by atomic mass is 16.9. The van der Waals surface area contributed by atoms with Crippen LogP contribution in [-0.4, -0.2) is 37.8 Å². The second-order valence-electron chi connectivity index (χ2n) is 3.71. The molecule has 0 aromatic rings. The fourth-order valence-electron chi connectivity index (χ4n) is 0.904. The van der Waals surface area contributed by atoms with Crippen molar-refractivity contribution >= 4 is 24.6 Å². The molecule has 0 aliphatic rings. The Labute approximate surface area is 121 Å². The monoisotopic (exact) mass is 306 g/mol. The molecule has 0 bridgehead atoms. The van der Waals surface area contributed by atoms with Crippen molar-refractivity contribution in [2.75, 3.05) is 13.2 Å². The fraction of sp³-hybridized carbons (Fsp3) is 0.667. The summed E-state index contributed by atoms with van der Waals surface area (Å²) in [6, 6.07) is 0. The molecule has 0 rings (SSSR count). The molecule has 0 aliphatic carbocycles. The molecule has 0 aromatic heterocycles. The zero-order valence-corrected chi connectivity index (χ0v) is 11.9. The van der Waals surface area contributed by atoms with Gasteiger partial charge in [-0.15, -0.1) is 0 Å². The fourth-order valence-corrected chi connectivity index (χ4v) is 0.904. The second-order valence-corrected chi connectivity index (χ2v) is 3.71. The summed E-state index contributed by atoms with van der Waals surface area (Å²) in [4.78, 5) is 43.7. The van der Waals surface area contributed by atoms with Crippen molar-refractivity contribution in [1.82, 2.24) is 0 Å². The Bertz CT molecular complexity index is 330. The zero-order valence-electron chi connectivity index (χ0n) is 11.9. The minimum atomic E-state index is -1.66. The Balaban J connectivity index is 3.85. The summed E-state index contributed by atoms with van der Waals surface area (Å²) in [6.45, 7) is 3.88. The predicted molar refractivity (Wildman–Crippen MR) is 66.6 cm³/mol. The lowest BCUT2D eigenvalue weighted by molar-refractivity contribution is 0.0237. The Kier molecular flexibility index (Phi) is 10.2. The number of rotatable bonds is 6. The second kappa shape index (κ2) is 11.5. The van der Waals surface area contributed by atoms with Gasteiger partial charge in [-0.2, -0.15) is 0 Å². The van der Waals surface area contributed by atoms with Crippen molar-refractivity contribution in [3.63, 3.8) is 0 Å². The highest BCUT2D eigenvalue weighted by molar-refractivity contribution is 5.87. The van der Waals surface area contributed by atoms with Crippen molar-refractivity contribution in [3.05, 3.63) is 0 Å². The maximum atomic E-state index is 10.9. The largest absolute Gasteiger partial charge is 0.528 e. The van der Waals surface area contributed by atoms with E-state index in [1.807, 2.05) is 13.8 Å². The van der Waals surface area contributed by atoms with Gasteiger partial charge >= 0.3 is 24.6 Å². The number of ether oxygens (including phenoxy) is 5. The SMILES string of the molecule is CCCCOC(=O)OC(=O)OC(=O)OC(=O)OCCCC. The van der Waals surface area contributed by atoms with E-state index in [0.29, 0.717) is 12.8 Å². The highest BCUT2D eigenvalue weighted by Crippen LogP contribution is 1.98. The molecule has 0 fully saturated rings. The van der Waals surface area contributed by atoms with E-state index in [4.69, 9.17) is 0 Å². The lowest BCUT2D eigenvalue weighted by Gasteiger charge is -2.05. The van der Waals surface area contributed by atoms with Gasteiger partial charge in [-0.3, -0.25) is 0 Å². The van der Waals surface area contributed by atoms with Gasteiger partial charge < -0.3 is 23.7 Å². The van der Waals surface area contributed by atoms with Crippen LogP contribution in [0.3, 0.4) is 0 Å². The van der Waals surface area contributed by atoms with Gasteiger partial charge in [0.05, 0.1) is 13.2 Å². The van der Waals surface area contributed by atoms with E-state index in [-0.39, 0.29) is 13.2 Å². The molecule has 0 saturated carbocycles. The van der Waals surface area contributed by atoms with E-state index in [1.165, 1.54) is 0 Å². The summed E-state index contributed by atoms with van der Waals surface area (Å²) in [5, 5.41) is 0. The van der Waals surface area contributed by atoms with Crippen molar-refractivity contribution in [2.24, 2.45) is 0 Å². The van der Waals surface area contributed by atoms with E-state index in [0.717, 1.165) is 12.8 Å². The van der Waals surface area contributed by atoms with Crippen LogP contribution in [0.5, 0.6) is 0 Å².